The molecule has 4 aliphatic carbocycles. The van der Waals surface area contributed by atoms with Gasteiger partial charge >= 0.3 is 0 Å². The average Bonchev–Trinajstić information content (AvgIpc) is 3.01. The highest BCUT2D eigenvalue weighted by atomic mass is 16.2. The molecule has 4 saturated carbocycles. The summed E-state index contributed by atoms with van der Waals surface area (Å²) < 4.78 is 0. The molecule has 5 aliphatic rings. The molecule has 5 heteroatoms. The van der Waals surface area contributed by atoms with Crippen LogP contribution in [0.4, 0.5) is 5.69 Å². The molecule has 6 rings (SSSR count). The van der Waals surface area contributed by atoms with E-state index in [0.29, 0.717) is 23.4 Å². The third kappa shape index (κ3) is 3.32. The molecule has 5 nitrogen and oxygen atoms in total. The molecule has 2 atom stereocenters. The van der Waals surface area contributed by atoms with Crippen molar-refractivity contribution in [2.45, 2.75) is 84.2 Å². The van der Waals surface area contributed by atoms with Crippen molar-refractivity contribution in [1.82, 2.24) is 4.90 Å². The number of benzene rings is 1. The van der Waals surface area contributed by atoms with Crippen molar-refractivity contribution in [1.29, 1.82) is 0 Å². The smallest absolute Gasteiger partial charge is 0.257 e. The van der Waals surface area contributed by atoms with Gasteiger partial charge in [0, 0.05) is 6.04 Å². The molecule has 1 saturated heterocycles. The first-order valence-electron chi connectivity index (χ1n) is 12.1. The second kappa shape index (κ2) is 7.46. The standard InChI is InChI=1S/C26H34N2O3/c1-4-17(3)27(25(31)26-13-18-9-19(14-26)11-20(10-18)15-26)22-12-23(29)28(24(22)30)21-7-5-16(2)6-8-21/h5-8,17-20,22H,4,9-15H2,1-3H3. The Hall–Kier alpha value is -2.17. The van der Waals surface area contributed by atoms with Gasteiger partial charge in [-0.15, -0.1) is 0 Å². The first-order valence-corrected chi connectivity index (χ1v) is 12.1. The minimum Gasteiger partial charge on any atom is -0.327 e. The Bertz CT molecular complexity index is 870. The van der Waals surface area contributed by atoms with Crippen molar-refractivity contribution in [2.75, 3.05) is 4.90 Å². The summed E-state index contributed by atoms with van der Waals surface area (Å²) >= 11 is 0. The van der Waals surface area contributed by atoms with Gasteiger partial charge in [0.05, 0.1) is 17.5 Å². The lowest BCUT2D eigenvalue weighted by molar-refractivity contribution is -0.164. The first-order chi connectivity index (χ1) is 14.8. The van der Waals surface area contributed by atoms with Crippen LogP contribution in [-0.4, -0.2) is 34.7 Å². The summed E-state index contributed by atoms with van der Waals surface area (Å²) in [5.74, 6) is 1.70. The van der Waals surface area contributed by atoms with E-state index in [1.165, 1.54) is 24.2 Å². The second-order valence-corrected chi connectivity index (χ2v) is 10.8. The minimum atomic E-state index is -0.677. The van der Waals surface area contributed by atoms with Crippen LogP contribution in [0.1, 0.15) is 70.8 Å². The zero-order valence-electron chi connectivity index (χ0n) is 19.0. The molecule has 1 heterocycles. The maximum Gasteiger partial charge on any atom is 0.257 e. The van der Waals surface area contributed by atoms with Gasteiger partial charge in [-0.3, -0.25) is 14.4 Å². The molecule has 1 aliphatic heterocycles. The number of amides is 3. The van der Waals surface area contributed by atoms with E-state index < -0.39 is 6.04 Å². The predicted octanol–water partition coefficient (Wildman–Crippen LogP) is 4.47. The summed E-state index contributed by atoms with van der Waals surface area (Å²) in [7, 11) is 0. The molecule has 166 valence electrons. The van der Waals surface area contributed by atoms with Crippen LogP contribution in [0.15, 0.2) is 24.3 Å². The summed E-state index contributed by atoms with van der Waals surface area (Å²) in [6.07, 6.45) is 7.62. The van der Waals surface area contributed by atoms with Gasteiger partial charge in [-0.1, -0.05) is 24.6 Å². The molecular weight excluding hydrogens is 388 g/mol. The quantitative estimate of drug-likeness (QED) is 0.658. The van der Waals surface area contributed by atoms with Crippen LogP contribution in [-0.2, 0) is 14.4 Å². The monoisotopic (exact) mass is 422 g/mol. The van der Waals surface area contributed by atoms with Crippen LogP contribution in [0.3, 0.4) is 0 Å². The molecule has 1 aromatic carbocycles. The van der Waals surface area contributed by atoms with Crippen molar-refractivity contribution in [3.63, 3.8) is 0 Å². The molecule has 0 N–H and O–H groups in total. The Balaban J connectivity index is 1.45. The molecule has 0 radical (unpaired) electrons. The number of imide groups is 1. The van der Waals surface area contributed by atoms with Crippen molar-refractivity contribution in [3.8, 4) is 0 Å². The number of carbonyl (C=O) groups is 3. The second-order valence-electron chi connectivity index (χ2n) is 10.8. The fourth-order valence-electron chi connectivity index (χ4n) is 7.29. The average molecular weight is 423 g/mol. The first kappa shape index (κ1) is 20.7. The van der Waals surface area contributed by atoms with E-state index in [9.17, 15) is 14.4 Å². The lowest BCUT2D eigenvalue weighted by Gasteiger charge is -2.57. The fourth-order valence-corrected chi connectivity index (χ4v) is 7.29. The largest absolute Gasteiger partial charge is 0.327 e. The third-order valence-electron chi connectivity index (χ3n) is 8.54. The van der Waals surface area contributed by atoms with Crippen molar-refractivity contribution in [2.24, 2.45) is 23.2 Å². The fraction of sp³-hybridized carbons (Fsp3) is 0.654. The highest BCUT2D eigenvalue weighted by Crippen LogP contribution is 2.61. The predicted molar refractivity (Wildman–Crippen MR) is 119 cm³/mol. The maximum atomic E-state index is 14.2. The molecule has 0 aromatic heterocycles. The van der Waals surface area contributed by atoms with Gasteiger partial charge in [-0.25, -0.2) is 4.90 Å². The normalized spacial score (nSPS) is 35.0. The van der Waals surface area contributed by atoms with Crippen LogP contribution in [0, 0.1) is 30.1 Å². The van der Waals surface area contributed by atoms with Crippen LogP contribution >= 0.6 is 0 Å². The Kier molecular flexibility index (Phi) is 4.98. The summed E-state index contributed by atoms with van der Waals surface area (Å²) in [6, 6.07) is 6.74. The van der Waals surface area contributed by atoms with Gasteiger partial charge in [0.1, 0.15) is 6.04 Å². The van der Waals surface area contributed by atoms with Crippen LogP contribution in [0.2, 0.25) is 0 Å². The Labute approximate surface area is 185 Å². The van der Waals surface area contributed by atoms with Crippen molar-refractivity contribution < 1.29 is 14.4 Å². The van der Waals surface area contributed by atoms with Crippen LogP contribution in [0.25, 0.3) is 0 Å². The van der Waals surface area contributed by atoms with E-state index in [-0.39, 0.29) is 35.6 Å². The van der Waals surface area contributed by atoms with E-state index in [2.05, 4.69) is 6.92 Å². The molecule has 5 fully saturated rings. The lowest BCUT2D eigenvalue weighted by Crippen LogP contribution is -2.59. The van der Waals surface area contributed by atoms with Gasteiger partial charge in [-0.05, 0) is 88.7 Å². The molecule has 4 bridgehead atoms. The number of hydrogen-bond donors (Lipinski definition) is 0. The zero-order valence-corrected chi connectivity index (χ0v) is 19.0. The highest BCUT2D eigenvalue weighted by molar-refractivity contribution is 6.23. The number of hydrogen-bond acceptors (Lipinski definition) is 3. The van der Waals surface area contributed by atoms with Gasteiger partial charge in [0.15, 0.2) is 0 Å². The van der Waals surface area contributed by atoms with Gasteiger partial charge in [0.25, 0.3) is 5.91 Å². The minimum absolute atomic E-state index is 0.0553. The molecule has 3 amide bonds. The van der Waals surface area contributed by atoms with E-state index in [4.69, 9.17) is 0 Å². The summed E-state index contributed by atoms with van der Waals surface area (Å²) in [4.78, 5) is 43.7. The Morgan fingerprint density at radius 1 is 1.06 bits per heavy atom. The van der Waals surface area contributed by atoms with Gasteiger partial charge in [-0.2, -0.15) is 0 Å². The van der Waals surface area contributed by atoms with Crippen molar-refractivity contribution in [3.05, 3.63) is 29.8 Å². The maximum absolute atomic E-state index is 14.2. The van der Waals surface area contributed by atoms with E-state index in [0.717, 1.165) is 31.2 Å². The summed E-state index contributed by atoms with van der Waals surface area (Å²) in [5.41, 5.74) is 1.38. The molecule has 0 spiro atoms. The third-order valence-corrected chi connectivity index (χ3v) is 8.54. The number of rotatable bonds is 5. The topological polar surface area (TPSA) is 57.7 Å². The molecule has 31 heavy (non-hydrogen) atoms. The number of aryl methyl sites for hydroxylation is 1. The number of nitrogens with zero attached hydrogens (tertiary/aromatic N) is 2. The van der Waals surface area contributed by atoms with E-state index in [1.54, 1.807) is 0 Å². The van der Waals surface area contributed by atoms with Crippen molar-refractivity contribution >= 4 is 23.4 Å². The number of carbonyl (C=O) groups excluding carboxylic acids is 3. The van der Waals surface area contributed by atoms with Crippen LogP contribution < -0.4 is 4.90 Å². The zero-order chi connectivity index (χ0) is 21.9. The molecular formula is C26H34N2O3. The Morgan fingerprint density at radius 3 is 2.13 bits per heavy atom. The van der Waals surface area contributed by atoms with Crippen LogP contribution in [0.5, 0.6) is 0 Å². The summed E-state index contributed by atoms with van der Waals surface area (Å²) in [5, 5.41) is 0. The molecule has 2 unspecified atom stereocenters. The van der Waals surface area contributed by atoms with E-state index >= 15 is 0 Å². The molecule has 1 aromatic rings. The summed E-state index contributed by atoms with van der Waals surface area (Å²) in [6.45, 7) is 6.07. The van der Waals surface area contributed by atoms with Gasteiger partial charge in [0.2, 0.25) is 11.8 Å². The highest BCUT2D eigenvalue weighted by Gasteiger charge is 2.58. The lowest BCUT2D eigenvalue weighted by atomic mass is 9.49. The SMILES string of the molecule is CCC(C)N(C(=O)C12CC3CC(CC(C3)C1)C2)C1CC(=O)N(c2ccc(C)cc2)C1=O. The van der Waals surface area contributed by atoms with Gasteiger partial charge < -0.3 is 4.90 Å². The number of anilines is 1. The Morgan fingerprint density at radius 2 is 1.61 bits per heavy atom. The van der Waals surface area contributed by atoms with E-state index in [1.807, 2.05) is 43.0 Å².